The van der Waals surface area contributed by atoms with E-state index in [0.717, 1.165) is 23.8 Å². The van der Waals surface area contributed by atoms with Gasteiger partial charge in [-0.2, -0.15) is 0 Å². The molecule has 0 aliphatic rings. The molecule has 0 spiro atoms. The maximum atomic E-state index is 12.5. The van der Waals surface area contributed by atoms with Crippen molar-refractivity contribution in [2.75, 3.05) is 5.43 Å². The number of anilines is 1. The first-order chi connectivity index (χ1) is 5.24. The van der Waals surface area contributed by atoms with E-state index in [4.69, 9.17) is 0 Å². The maximum Gasteiger partial charge on any atom is 0.147 e. The predicted molar refractivity (Wildman–Crippen MR) is 41.5 cm³/mol. The number of benzene rings is 1. The van der Waals surface area contributed by atoms with Crippen LogP contribution in [-0.2, 0) is 0 Å². The molecule has 12 heavy (non-hydrogen) atoms. The summed E-state index contributed by atoms with van der Waals surface area (Å²) in [6, 6.07) is 2.68. The zero-order valence-electron chi connectivity index (χ0n) is 5.77. The second-order valence-electron chi connectivity index (χ2n) is 1.84. The fourth-order valence-electron chi connectivity index (χ4n) is 0.644. The fraction of sp³-hybridized carbons (Fsp3) is 0. The largest absolute Gasteiger partial charge is 0.292 e. The lowest BCUT2D eigenvalue weighted by molar-refractivity contribution is 0.374. The van der Waals surface area contributed by atoms with Gasteiger partial charge in [0.25, 0.3) is 0 Å². The van der Waals surface area contributed by atoms with Crippen LogP contribution in [0.15, 0.2) is 18.2 Å². The standard InChI is InChI=1S/C6H5F3N2.ClH/c7-4-1-2-5(8)6(3-4)10-11-9;/h1-3,10-11H;1H. The molecule has 6 heteroatoms. The molecule has 0 unspecified atom stereocenters. The van der Waals surface area contributed by atoms with Crippen molar-refractivity contribution in [1.82, 2.24) is 5.65 Å². The Labute approximate surface area is 73.1 Å². The normalized spacial score (nSPS) is 8.92. The lowest BCUT2D eigenvalue weighted by Crippen LogP contribution is -2.11. The molecule has 0 bridgehead atoms. The molecule has 0 atom stereocenters. The van der Waals surface area contributed by atoms with E-state index in [1.54, 1.807) is 5.43 Å². The number of nitrogens with one attached hydrogen (secondary N) is 2. The first-order valence-corrected chi connectivity index (χ1v) is 2.80. The molecular formula is C6H6ClF3N2. The molecule has 1 aromatic carbocycles. The Bertz CT molecular complexity index is 257. The monoisotopic (exact) mass is 198 g/mol. The molecule has 0 aliphatic carbocycles. The minimum Gasteiger partial charge on any atom is -0.292 e. The third kappa shape index (κ3) is 2.60. The Hall–Kier alpha value is -0.940. The van der Waals surface area contributed by atoms with Crippen LogP contribution in [0.4, 0.5) is 18.9 Å². The Morgan fingerprint density at radius 3 is 2.42 bits per heavy atom. The van der Waals surface area contributed by atoms with Crippen LogP contribution < -0.4 is 11.1 Å². The average Bonchev–Trinajstić information content (AvgIpc) is 1.98. The van der Waals surface area contributed by atoms with Gasteiger partial charge in [-0.25, -0.2) is 8.78 Å². The van der Waals surface area contributed by atoms with Gasteiger partial charge in [-0.05, 0) is 12.1 Å². The molecule has 2 nitrogen and oxygen atoms in total. The second kappa shape index (κ2) is 4.84. The molecule has 0 saturated carbocycles. The topological polar surface area (TPSA) is 24.1 Å². The van der Waals surface area contributed by atoms with Crippen molar-refractivity contribution in [1.29, 1.82) is 0 Å². The molecule has 1 aromatic rings. The summed E-state index contributed by atoms with van der Waals surface area (Å²) in [5.74, 6) is -1.36. The van der Waals surface area contributed by atoms with Crippen LogP contribution in [0, 0.1) is 11.6 Å². The van der Waals surface area contributed by atoms with Gasteiger partial charge in [-0.1, -0.05) is 5.65 Å². The molecule has 0 radical (unpaired) electrons. The zero-order valence-corrected chi connectivity index (χ0v) is 6.59. The Kier molecular flexibility index (Phi) is 4.46. The van der Waals surface area contributed by atoms with Crippen LogP contribution in [0.25, 0.3) is 0 Å². The van der Waals surface area contributed by atoms with Crippen molar-refractivity contribution in [3.8, 4) is 0 Å². The van der Waals surface area contributed by atoms with Gasteiger partial charge in [0.15, 0.2) is 0 Å². The summed E-state index contributed by atoms with van der Waals surface area (Å²) in [5, 5.41) is 0. The van der Waals surface area contributed by atoms with Crippen LogP contribution >= 0.6 is 12.4 Å². The summed E-state index contributed by atoms with van der Waals surface area (Å²) in [6.07, 6.45) is 0. The van der Waals surface area contributed by atoms with E-state index < -0.39 is 11.6 Å². The predicted octanol–water partition coefficient (Wildman–Crippen LogP) is 2.19. The molecule has 0 saturated heterocycles. The molecular weight excluding hydrogens is 193 g/mol. The van der Waals surface area contributed by atoms with E-state index in [1.165, 1.54) is 0 Å². The number of rotatable bonds is 2. The summed E-state index contributed by atoms with van der Waals surface area (Å²) < 4.78 is 36.2. The van der Waals surface area contributed by atoms with Crippen molar-refractivity contribution in [3.05, 3.63) is 29.8 Å². The van der Waals surface area contributed by atoms with Gasteiger partial charge >= 0.3 is 0 Å². The summed E-state index contributed by atoms with van der Waals surface area (Å²) in [7, 11) is 0. The molecule has 1 rings (SSSR count). The highest BCUT2D eigenvalue weighted by atomic mass is 35.5. The Balaban J connectivity index is 0.00000121. The highest BCUT2D eigenvalue weighted by molar-refractivity contribution is 5.85. The minimum atomic E-state index is -0.725. The third-order valence-electron chi connectivity index (χ3n) is 1.11. The molecule has 0 heterocycles. The van der Waals surface area contributed by atoms with Gasteiger partial charge < -0.3 is 0 Å². The molecule has 0 aromatic heterocycles. The quantitative estimate of drug-likeness (QED) is 0.562. The number of halogens is 4. The van der Waals surface area contributed by atoms with Gasteiger partial charge in [-0.15, -0.1) is 16.9 Å². The van der Waals surface area contributed by atoms with Crippen LogP contribution in [0.3, 0.4) is 0 Å². The Morgan fingerprint density at radius 2 is 1.83 bits per heavy atom. The average molecular weight is 199 g/mol. The van der Waals surface area contributed by atoms with Crippen LogP contribution in [0.5, 0.6) is 0 Å². The first-order valence-electron chi connectivity index (χ1n) is 2.80. The summed E-state index contributed by atoms with van der Waals surface area (Å²) in [5.41, 5.74) is 2.51. The lowest BCUT2D eigenvalue weighted by atomic mass is 10.3. The SMILES string of the molecule is Cl.FNNc1cc(F)ccc1F. The van der Waals surface area contributed by atoms with Crippen molar-refractivity contribution in [2.24, 2.45) is 0 Å². The van der Waals surface area contributed by atoms with Gasteiger partial charge in [0.2, 0.25) is 0 Å². The fourth-order valence-corrected chi connectivity index (χ4v) is 0.644. The zero-order chi connectivity index (χ0) is 8.27. The number of hydrogen-bond acceptors (Lipinski definition) is 2. The van der Waals surface area contributed by atoms with Crippen LogP contribution in [0.2, 0.25) is 0 Å². The van der Waals surface area contributed by atoms with E-state index in [-0.39, 0.29) is 18.1 Å². The van der Waals surface area contributed by atoms with E-state index in [2.05, 4.69) is 0 Å². The maximum absolute atomic E-state index is 12.5. The second-order valence-corrected chi connectivity index (χ2v) is 1.84. The van der Waals surface area contributed by atoms with Crippen LogP contribution in [-0.4, -0.2) is 0 Å². The van der Waals surface area contributed by atoms with E-state index in [9.17, 15) is 13.3 Å². The van der Waals surface area contributed by atoms with Gasteiger partial charge in [-0.3, -0.25) is 5.43 Å². The lowest BCUT2D eigenvalue weighted by Gasteiger charge is -2.01. The third-order valence-corrected chi connectivity index (χ3v) is 1.11. The van der Waals surface area contributed by atoms with Crippen molar-refractivity contribution in [3.63, 3.8) is 0 Å². The van der Waals surface area contributed by atoms with Gasteiger partial charge in [0.05, 0.1) is 5.69 Å². The van der Waals surface area contributed by atoms with Crippen LogP contribution in [0.1, 0.15) is 0 Å². The Morgan fingerprint density at radius 1 is 1.17 bits per heavy atom. The summed E-state index contributed by atoms with van der Waals surface area (Å²) in [4.78, 5) is 0. The van der Waals surface area contributed by atoms with Gasteiger partial charge in [0, 0.05) is 6.07 Å². The molecule has 0 aliphatic heterocycles. The first kappa shape index (κ1) is 11.1. The van der Waals surface area contributed by atoms with Crippen molar-refractivity contribution >= 4 is 18.1 Å². The highest BCUT2D eigenvalue weighted by Gasteiger charge is 2.01. The summed E-state index contributed by atoms with van der Waals surface area (Å²) in [6.45, 7) is 0. The smallest absolute Gasteiger partial charge is 0.147 e. The van der Waals surface area contributed by atoms with E-state index >= 15 is 0 Å². The van der Waals surface area contributed by atoms with Crippen molar-refractivity contribution < 1.29 is 13.3 Å². The number of hydrogen-bond donors (Lipinski definition) is 2. The van der Waals surface area contributed by atoms with E-state index in [1.807, 2.05) is 0 Å². The van der Waals surface area contributed by atoms with E-state index in [0.29, 0.717) is 0 Å². The highest BCUT2D eigenvalue weighted by Crippen LogP contribution is 2.13. The molecule has 0 fully saturated rings. The molecule has 68 valence electrons. The van der Waals surface area contributed by atoms with Gasteiger partial charge in [0.1, 0.15) is 11.6 Å². The summed E-state index contributed by atoms with van der Waals surface area (Å²) >= 11 is 0. The minimum absolute atomic E-state index is 0. The molecule has 2 N–H and O–H groups in total. The molecule has 0 amide bonds. The number of hydrazine groups is 1. The van der Waals surface area contributed by atoms with Crippen molar-refractivity contribution in [2.45, 2.75) is 0 Å².